The number of nitrogens with zero attached hydrogens (tertiary/aromatic N) is 2. The first-order chi connectivity index (χ1) is 8.22. The first kappa shape index (κ1) is 10.3. The molecule has 0 aliphatic carbocycles. The van der Waals surface area contributed by atoms with E-state index in [1.807, 2.05) is 24.3 Å². The Morgan fingerprint density at radius 2 is 2.24 bits per heavy atom. The minimum Gasteiger partial charge on any atom is -0.465 e. The van der Waals surface area contributed by atoms with E-state index in [2.05, 4.69) is 15.2 Å². The second kappa shape index (κ2) is 3.89. The van der Waals surface area contributed by atoms with Gasteiger partial charge in [0.05, 0.1) is 16.3 Å². The minimum absolute atomic E-state index is 0.0273. The predicted octanol–water partition coefficient (Wildman–Crippen LogP) is 1.75. The first-order valence-corrected chi connectivity index (χ1v) is 6.14. The van der Waals surface area contributed by atoms with Crippen LogP contribution < -0.4 is 10.2 Å². The fourth-order valence-corrected chi connectivity index (χ4v) is 2.88. The summed E-state index contributed by atoms with van der Waals surface area (Å²) in [5.74, 6) is 0. The number of anilines is 1. The average molecular weight is 249 g/mol. The molecule has 17 heavy (non-hydrogen) atoms. The van der Waals surface area contributed by atoms with Crippen LogP contribution in [0.25, 0.3) is 10.2 Å². The number of rotatable bonds is 2. The van der Waals surface area contributed by atoms with Gasteiger partial charge in [0.1, 0.15) is 0 Å². The molecule has 1 aromatic carbocycles. The number of nitrogens with one attached hydrogen (secondary N) is 1. The van der Waals surface area contributed by atoms with Crippen molar-refractivity contribution < 1.29 is 9.90 Å². The molecule has 1 fully saturated rings. The molecule has 2 aromatic rings. The monoisotopic (exact) mass is 249 g/mol. The van der Waals surface area contributed by atoms with Crippen molar-refractivity contribution in [1.29, 1.82) is 0 Å². The summed E-state index contributed by atoms with van der Waals surface area (Å²) < 4.78 is 1.16. The number of fused-ring (bicyclic) bond motifs is 1. The third kappa shape index (κ3) is 1.91. The zero-order valence-electron chi connectivity index (χ0n) is 8.96. The molecule has 0 saturated carbocycles. The number of hydrogen-bond donors (Lipinski definition) is 2. The molecule has 0 bridgehead atoms. The largest absolute Gasteiger partial charge is 0.465 e. The van der Waals surface area contributed by atoms with Gasteiger partial charge in [-0.15, -0.1) is 0 Å². The number of thiazole rings is 1. The summed E-state index contributed by atoms with van der Waals surface area (Å²) in [7, 11) is 0. The van der Waals surface area contributed by atoms with Gasteiger partial charge in [0.2, 0.25) is 0 Å². The molecule has 1 saturated heterocycles. The van der Waals surface area contributed by atoms with Gasteiger partial charge in [-0.05, 0) is 12.1 Å². The van der Waals surface area contributed by atoms with Crippen molar-refractivity contribution >= 4 is 32.8 Å². The molecule has 1 aromatic heterocycles. The zero-order valence-corrected chi connectivity index (χ0v) is 9.78. The Morgan fingerprint density at radius 3 is 2.94 bits per heavy atom. The van der Waals surface area contributed by atoms with Gasteiger partial charge < -0.3 is 15.3 Å². The van der Waals surface area contributed by atoms with Crippen molar-refractivity contribution in [3.63, 3.8) is 0 Å². The molecule has 88 valence electrons. The standard InChI is InChI=1S/C11H11N3O2S/c15-11(16)12-7-5-14(6-7)10-13-8-3-1-2-4-9(8)17-10/h1-4,7,12H,5-6H2,(H,15,16). The van der Waals surface area contributed by atoms with E-state index in [0.717, 1.165) is 15.3 Å². The average Bonchev–Trinajstić information content (AvgIpc) is 2.65. The number of hydrogen-bond acceptors (Lipinski definition) is 4. The third-order valence-electron chi connectivity index (χ3n) is 2.76. The van der Waals surface area contributed by atoms with Crippen LogP contribution in [0.1, 0.15) is 0 Å². The minimum atomic E-state index is -0.959. The van der Waals surface area contributed by atoms with E-state index in [1.165, 1.54) is 0 Å². The van der Waals surface area contributed by atoms with Gasteiger partial charge in [0.25, 0.3) is 0 Å². The molecule has 1 aliphatic rings. The highest BCUT2D eigenvalue weighted by Gasteiger charge is 2.29. The van der Waals surface area contributed by atoms with Gasteiger partial charge in [0, 0.05) is 13.1 Å². The normalized spacial score (nSPS) is 15.9. The molecule has 3 rings (SSSR count). The van der Waals surface area contributed by atoms with Crippen molar-refractivity contribution in [2.45, 2.75) is 6.04 Å². The van der Waals surface area contributed by atoms with Crippen LogP contribution in [0.5, 0.6) is 0 Å². The number of carboxylic acid groups (broad SMARTS) is 1. The summed E-state index contributed by atoms with van der Waals surface area (Å²) in [4.78, 5) is 17.1. The lowest BCUT2D eigenvalue weighted by Gasteiger charge is -2.38. The lowest BCUT2D eigenvalue weighted by molar-refractivity contribution is 0.187. The Balaban J connectivity index is 1.72. The SMILES string of the molecule is O=C(O)NC1CN(c2nc3ccccc3s2)C1. The van der Waals surface area contributed by atoms with Crippen molar-refractivity contribution in [3.05, 3.63) is 24.3 Å². The summed E-state index contributed by atoms with van der Waals surface area (Å²) in [5.41, 5.74) is 1.00. The number of amides is 1. The van der Waals surface area contributed by atoms with E-state index in [9.17, 15) is 4.79 Å². The van der Waals surface area contributed by atoms with Gasteiger partial charge >= 0.3 is 6.09 Å². The van der Waals surface area contributed by atoms with E-state index < -0.39 is 6.09 Å². The van der Waals surface area contributed by atoms with Crippen LogP contribution in [0.4, 0.5) is 9.93 Å². The third-order valence-corrected chi connectivity index (χ3v) is 3.86. The van der Waals surface area contributed by atoms with E-state index >= 15 is 0 Å². The smallest absolute Gasteiger partial charge is 0.405 e. The molecule has 1 aliphatic heterocycles. The molecule has 0 radical (unpaired) electrons. The van der Waals surface area contributed by atoms with E-state index in [4.69, 9.17) is 5.11 Å². The number of para-hydroxylation sites is 1. The van der Waals surface area contributed by atoms with E-state index in [1.54, 1.807) is 11.3 Å². The Labute approximate surface area is 102 Å². The zero-order chi connectivity index (χ0) is 11.8. The van der Waals surface area contributed by atoms with E-state index in [-0.39, 0.29) is 6.04 Å². The molecular weight excluding hydrogens is 238 g/mol. The number of benzene rings is 1. The van der Waals surface area contributed by atoms with Gasteiger partial charge in [-0.1, -0.05) is 23.5 Å². The summed E-state index contributed by atoms with van der Waals surface area (Å²) in [6.07, 6.45) is -0.959. The molecule has 2 N–H and O–H groups in total. The molecule has 1 amide bonds. The van der Waals surface area contributed by atoms with Crippen LogP contribution in [0, 0.1) is 0 Å². The predicted molar refractivity (Wildman–Crippen MR) is 66.8 cm³/mol. The van der Waals surface area contributed by atoms with Crippen LogP contribution >= 0.6 is 11.3 Å². The second-order valence-corrected chi connectivity index (χ2v) is 5.02. The summed E-state index contributed by atoms with van der Waals surface area (Å²) >= 11 is 1.64. The lowest BCUT2D eigenvalue weighted by Crippen LogP contribution is -2.59. The Hall–Kier alpha value is -1.82. The molecule has 0 spiro atoms. The van der Waals surface area contributed by atoms with Gasteiger partial charge in [0.15, 0.2) is 5.13 Å². The maximum atomic E-state index is 10.4. The second-order valence-electron chi connectivity index (χ2n) is 4.02. The van der Waals surface area contributed by atoms with Gasteiger partial charge in [-0.3, -0.25) is 0 Å². The van der Waals surface area contributed by atoms with Crippen LogP contribution in [0.2, 0.25) is 0 Å². The highest BCUT2D eigenvalue weighted by molar-refractivity contribution is 7.22. The highest BCUT2D eigenvalue weighted by Crippen LogP contribution is 2.30. The van der Waals surface area contributed by atoms with Crippen LogP contribution in [-0.4, -0.2) is 35.3 Å². The first-order valence-electron chi connectivity index (χ1n) is 5.32. The van der Waals surface area contributed by atoms with Crippen molar-refractivity contribution in [3.8, 4) is 0 Å². The van der Waals surface area contributed by atoms with E-state index in [0.29, 0.717) is 13.1 Å². The molecule has 0 unspecified atom stereocenters. The summed E-state index contributed by atoms with van der Waals surface area (Å²) in [5, 5.41) is 12.0. The molecule has 0 atom stereocenters. The lowest BCUT2D eigenvalue weighted by atomic mass is 10.1. The maximum Gasteiger partial charge on any atom is 0.405 e. The molecular formula is C11H11N3O2S. The summed E-state index contributed by atoms with van der Waals surface area (Å²) in [6.45, 7) is 1.40. The van der Waals surface area contributed by atoms with Crippen LogP contribution in [0.3, 0.4) is 0 Å². The fraction of sp³-hybridized carbons (Fsp3) is 0.273. The van der Waals surface area contributed by atoms with Gasteiger partial charge in [-0.2, -0.15) is 0 Å². The van der Waals surface area contributed by atoms with Crippen LogP contribution in [-0.2, 0) is 0 Å². The Bertz CT molecular complexity index is 530. The summed E-state index contributed by atoms with van der Waals surface area (Å²) in [6, 6.07) is 8.02. The maximum absolute atomic E-state index is 10.4. The Morgan fingerprint density at radius 1 is 1.47 bits per heavy atom. The van der Waals surface area contributed by atoms with Crippen LogP contribution in [0.15, 0.2) is 24.3 Å². The van der Waals surface area contributed by atoms with Crippen molar-refractivity contribution in [2.75, 3.05) is 18.0 Å². The molecule has 2 heterocycles. The fourth-order valence-electron chi connectivity index (χ4n) is 1.90. The quantitative estimate of drug-likeness (QED) is 0.851. The Kier molecular flexibility index (Phi) is 2.36. The number of carbonyl (C=O) groups is 1. The molecule has 6 heteroatoms. The van der Waals surface area contributed by atoms with Crippen molar-refractivity contribution in [1.82, 2.24) is 10.3 Å². The number of aromatic nitrogens is 1. The molecule has 5 nitrogen and oxygen atoms in total. The van der Waals surface area contributed by atoms with Crippen molar-refractivity contribution in [2.24, 2.45) is 0 Å². The highest BCUT2D eigenvalue weighted by atomic mass is 32.1. The topological polar surface area (TPSA) is 65.5 Å². The van der Waals surface area contributed by atoms with Gasteiger partial charge in [-0.25, -0.2) is 9.78 Å².